The van der Waals surface area contributed by atoms with Gasteiger partial charge < -0.3 is 9.84 Å². The molecule has 0 saturated heterocycles. The Morgan fingerprint density at radius 1 is 1.53 bits per heavy atom. The zero-order valence-electron chi connectivity index (χ0n) is 9.85. The third kappa shape index (κ3) is 2.02. The normalized spacial score (nSPS) is 29.6. The zero-order chi connectivity index (χ0) is 12.0. The lowest BCUT2D eigenvalue weighted by atomic mass is 10.0. The molecular formula is C14H16O3. The lowest BCUT2D eigenvalue weighted by Gasteiger charge is -2.04. The summed E-state index contributed by atoms with van der Waals surface area (Å²) in [4.78, 5) is 10.8. The van der Waals surface area contributed by atoms with Crippen molar-refractivity contribution in [3.05, 3.63) is 29.3 Å². The number of hydrogen-bond acceptors (Lipinski definition) is 2. The second-order valence-electron chi connectivity index (χ2n) is 5.22. The van der Waals surface area contributed by atoms with E-state index in [9.17, 15) is 4.79 Å². The van der Waals surface area contributed by atoms with E-state index in [0.717, 1.165) is 25.0 Å². The monoisotopic (exact) mass is 232 g/mol. The van der Waals surface area contributed by atoms with Gasteiger partial charge in [-0.15, -0.1) is 0 Å². The zero-order valence-corrected chi connectivity index (χ0v) is 9.85. The van der Waals surface area contributed by atoms with Crippen molar-refractivity contribution in [2.24, 2.45) is 11.8 Å². The average Bonchev–Trinajstić information content (AvgIpc) is 2.92. The molecule has 3 heteroatoms. The summed E-state index contributed by atoms with van der Waals surface area (Å²) in [6.45, 7) is 2.07. The Hall–Kier alpha value is -1.51. The van der Waals surface area contributed by atoms with Crippen LogP contribution in [0.4, 0.5) is 0 Å². The van der Waals surface area contributed by atoms with E-state index in [2.05, 4.69) is 19.1 Å². The van der Waals surface area contributed by atoms with E-state index < -0.39 is 5.97 Å². The lowest BCUT2D eigenvalue weighted by molar-refractivity contribution is -0.138. The number of rotatable bonds is 3. The van der Waals surface area contributed by atoms with Crippen LogP contribution in [-0.4, -0.2) is 17.2 Å². The Labute approximate surface area is 100 Å². The fraction of sp³-hybridized carbons (Fsp3) is 0.500. The minimum Gasteiger partial charge on any atom is -0.490 e. The van der Waals surface area contributed by atoms with E-state index >= 15 is 0 Å². The van der Waals surface area contributed by atoms with Crippen LogP contribution in [0.5, 0.6) is 5.75 Å². The summed E-state index contributed by atoms with van der Waals surface area (Å²) < 4.78 is 5.65. The van der Waals surface area contributed by atoms with Gasteiger partial charge in [-0.05, 0) is 42.9 Å². The van der Waals surface area contributed by atoms with Gasteiger partial charge >= 0.3 is 5.97 Å². The number of hydrogen-bond donors (Lipinski definition) is 1. The van der Waals surface area contributed by atoms with Crippen molar-refractivity contribution in [2.45, 2.75) is 32.3 Å². The van der Waals surface area contributed by atoms with Crippen molar-refractivity contribution < 1.29 is 14.6 Å². The minimum absolute atomic E-state index is 0.113. The van der Waals surface area contributed by atoms with Crippen LogP contribution in [0.1, 0.15) is 24.5 Å². The Kier molecular flexibility index (Phi) is 2.35. The third-order valence-corrected chi connectivity index (χ3v) is 3.70. The van der Waals surface area contributed by atoms with Gasteiger partial charge in [0.05, 0.1) is 5.92 Å². The summed E-state index contributed by atoms with van der Waals surface area (Å²) >= 11 is 0. The second kappa shape index (κ2) is 3.76. The van der Waals surface area contributed by atoms with Crippen molar-refractivity contribution >= 4 is 5.97 Å². The molecule has 0 radical (unpaired) electrons. The molecule has 0 bridgehead atoms. The highest BCUT2D eigenvalue weighted by atomic mass is 16.5. The van der Waals surface area contributed by atoms with E-state index in [-0.39, 0.29) is 12.0 Å². The molecule has 1 aliphatic heterocycles. The van der Waals surface area contributed by atoms with Crippen LogP contribution in [0.2, 0.25) is 0 Å². The van der Waals surface area contributed by atoms with Gasteiger partial charge in [-0.1, -0.05) is 12.1 Å². The van der Waals surface area contributed by atoms with E-state index in [1.54, 1.807) is 0 Å². The third-order valence-electron chi connectivity index (χ3n) is 3.70. The largest absolute Gasteiger partial charge is 0.490 e. The predicted molar refractivity (Wildman–Crippen MR) is 63.2 cm³/mol. The molecule has 17 heavy (non-hydrogen) atoms. The van der Waals surface area contributed by atoms with Crippen molar-refractivity contribution in [3.8, 4) is 5.75 Å². The molecule has 0 amide bonds. The highest BCUT2D eigenvalue weighted by Gasteiger charge is 2.42. The van der Waals surface area contributed by atoms with Crippen LogP contribution in [-0.2, 0) is 17.6 Å². The van der Waals surface area contributed by atoms with Gasteiger partial charge in [-0.2, -0.15) is 0 Å². The summed E-state index contributed by atoms with van der Waals surface area (Å²) in [5.74, 6) is 0.573. The van der Waals surface area contributed by atoms with Crippen LogP contribution in [0.15, 0.2) is 18.2 Å². The van der Waals surface area contributed by atoms with E-state index in [4.69, 9.17) is 9.84 Å². The number of ether oxygens (including phenoxy) is 1. The molecule has 1 N–H and O–H groups in total. The molecule has 90 valence electrons. The molecule has 1 aromatic carbocycles. The summed E-state index contributed by atoms with van der Waals surface area (Å²) in [6.07, 6.45) is 2.96. The van der Waals surface area contributed by atoms with E-state index in [1.807, 2.05) is 6.07 Å². The van der Waals surface area contributed by atoms with Crippen molar-refractivity contribution in [3.63, 3.8) is 0 Å². The highest BCUT2D eigenvalue weighted by molar-refractivity contribution is 5.73. The summed E-state index contributed by atoms with van der Waals surface area (Å²) in [5, 5.41) is 8.87. The number of fused-ring (bicyclic) bond motifs is 1. The maximum atomic E-state index is 10.8. The SMILES string of the molecule is CC1Cc2cc(C[C@H]3C[C@@H]3C(=O)O)ccc2O1. The molecule has 1 aromatic rings. The van der Waals surface area contributed by atoms with Gasteiger partial charge in [0.2, 0.25) is 0 Å². The highest BCUT2D eigenvalue weighted by Crippen LogP contribution is 2.42. The number of benzene rings is 1. The summed E-state index contributed by atoms with van der Waals surface area (Å²) in [5.41, 5.74) is 2.51. The van der Waals surface area contributed by atoms with Crippen molar-refractivity contribution in [1.82, 2.24) is 0 Å². The fourth-order valence-corrected chi connectivity index (χ4v) is 2.68. The number of carboxylic acids is 1. The minimum atomic E-state index is -0.645. The van der Waals surface area contributed by atoms with Crippen molar-refractivity contribution in [2.75, 3.05) is 0 Å². The molecule has 1 aliphatic carbocycles. The van der Waals surface area contributed by atoms with Crippen LogP contribution in [0.3, 0.4) is 0 Å². The van der Waals surface area contributed by atoms with E-state index in [0.29, 0.717) is 5.92 Å². The first-order valence-corrected chi connectivity index (χ1v) is 6.15. The Balaban J connectivity index is 1.70. The van der Waals surface area contributed by atoms with Gasteiger partial charge in [0.15, 0.2) is 0 Å². The standard InChI is InChI=1S/C14H16O3/c1-8-4-11-6-9(2-3-13(11)17-8)5-10-7-12(10)14(15)16/h2-3,6,8,10,12H,4-5,7H2,1H3,(H,15,16)/t8?,10-,12-/m0/s1. The Morgan fingerprint density at radius 3 is 3.06 bits per heavy atom. The summed E-state index contributed by atoms with van der Waals surface area (Å²) in [6, 6.07) is 6.26. The van der Waals surface area contributed by atoms with E-state index in [1.165, 1.54) is 11.1 Å². The average molecular weight is 232 g/mol. The molecule has 1 heterocycles. The van der Waals surface area contributed by atoms with Crippen molar-refractivity contribution in [1.29, 1.82) is 0 Å². The topological polar surface area (TPSA) is 46.5 Å². The van der Waals surface area contributed by atoms with Gasteiger partial charge in [-0.25, -0.2) is 0 Å². The molecule has 3 atom stereocenters. The Bertz CT molecular complexity index is 467. The number of aliphatic carboxylic acids is 1. The van der Waals surface area contributed by atoms with Gasteiger partial charge in [-0.3, -0.25) is 4.79 Å². The number of carbonyl (C=O) groups is 1. The number of carboxylic acid groups (broad SMARTS) is 1. The first kappa shape index (κ1) is 10.6. The Morgan fingerprint density at radius 2 is 2.35 bits per heavy atom. The molecule has 1 fully saturated rings. The molecule has 3 rings (SSSR count). The van der Waals surface area contributed by atoms with Crippen LogP contribution in [0, 0.1) is 11.8 Å². The fourth-order valence-electron chi connectivity index (χ4n) is 2.68. The molecule has 1 saturated carbocycles. The summed E-state index contributed by atoms with van der Waals surface area (Å²) in [7, 11) is 0. The first-order valence-electron chi connectivity index (χ1n) is 6.15. The first-order chi connectivity index (χ1) is 8.13. The van der Waals surface area contributed by atoms with Crippen LogP contribution >= 0.6 is 0 Å². The predicted octanol–water partition coefficient (Wildman–Crippen LogP) is 2.27. The molecular weight excluding hydrogens is 216 g/mol. The second-order valence-corrected chi connectivity index (χ2v) is 5.22. The molecule has 2 aliphatic rings. The van der Waals surface area contributed by atoms with Crippen LogP contribution < -0.4 is 4.74 Å². The quantitative estimate of drug-likeness (QED) is 0.869. The van der Waals surface area contributed by atoms with Gasteiger partial charge in [0.25, 0.3) is 0 Å². The maximum absolute atomic E-state index is 10.8. The lowest BCUT2D eigenvalue weighted by Crippen LogP contribution is -2.05. The molecule has 0 spiro atoms. The smallest absolute Gasteiger partial charge is 0.306 e. The van der Waals surface area contributed by atoms with Crippen LogP contribution in [0.25, 0.3) is 0 Å². The molecule has 1 unspecified atom stereocenters. The maximum Gasteiger partial charge on any atom is 0.306 e. The van der Waals surface area contributed by atoms with Gasteiger partial charge in [0.1, 0.15) is 11.9 Å². The molecule has 0 aromatic heterocycles. The molecule has 3 nitrogen and oxygen atoms in total. The van der Waals surface area contributed by atoms with Gasteiger partial charge in [0, 0.05) is 6.42 Å².